The third-order valence-corrected chi connectivity index (χ3v) is 4.26. The summed E-state index contributed by atoms with van der Waals surface area (Å²) >= 11 is 3.34. The number of aliphatic hydroxyl groups excluding tert-OH is 1. The van der Waals surface area contributed by atoms with Crippen LogP contribution in [0.5, 0.6) is 0 Å². The number of oxime groups is 1. The second-order valence-electron chi connectivity index (χ2n) is 5.41. The Morgan fingerprint density at radius 1 is 1.30 bits per heavy atom. The molecule has 0 aliphatic carbocycles. The zero-order chi connectivity index (χ0) is 16.1. The molecular weight excluding hydrogens is 366 g/mol. The van der Waals surface area contributed by atoms with Crippen molar-refractivity contribution in [2.24, 2.45) is 5.16 Å². The monoisotopic (exact) mass is 385 g/mol. The van der Waals surface area contributed by atoms with Crippen LogP contribution in [0.3, 0.4) is 0 Å². The van der Waals surface area contributed by atoms with Gasteiger partial charge in [0.25, 0.3) is 0 Å². The van der Waals surface area contributed by atoms with Crippen LogP contribution in [0.4, 0.5) is 5.95 Å². The maximum atomic E-state index is 9.48. The van der Waals surface area contributed by atoms with Crippen molar-refractivity contribution in [1.29, 1.82) is 0 Å². The lowest BCUT2D eigenvalue weighted by atomic mass is 10.1. The smallest absolute Gasteiger partial charge is 0.225 e. The van der Waals surface area contributed by atoms with E-state index in [9.17, 15) is 5.11 Å². The van der Waals surface area contributed by atoms with E-state index in [1.165, 1.54) is 0 Å². The summed E-state index contributed by atoms with van der Waals surface area (Å²) in [5.41, 5.74) is 1.05. The number of piperidine rings is 1. The van der Waals surface area contributed by atoms with Crippen molar-refractivity contribution < 1.29 is 14.7 Å². The summed E-state index contributed by atoms with van der Waals surface area (Å²) in [5, 5.41) is 13.7. The lowest BCUT2D eigenvalue weighted by Crippen LogP contribution is -2.35. The van der Waals surface area contributed by atoms with Crippen molar-refractivity contribution in [3.05, 3.63) is 16.9 Å². The summed E-state index contributed by atoms with van der Waals surface area (Å²) < 4.78 is 5.92. The summed E-state index contributed by atoms with van der Waals surface area (Å²) in [5.74, 6) is 0.746. The van der Waals surface area contributed by atoms with E-state index < -0.39 is 6.41 Å². The first-order valence-electron chi connectivity index (χ1n) is 7.66. The highest BCUT2D eigenvalue weighted by Gasteiger charge is 2.22. The molecular formula is C14H20BrN5O3. The van der Waals surface area contributed by atoms with Crippen LogP contribution in [0.25, 0.3) is 0 Å². The quantitative estimate of drug-likeness (QED) is 0.593. The molecule has 126 valence electrons. The highest BCUT2D eigenvalue weighted by atomic mass is 79.9. The molecule has 2 saturated heterocycles. The molecule has 2 fully saturated rings. The maximum absolute atomic E-state index is 9.48. The molecule has 8 nitrogen and oxygen atoms in total. The first kappa shape index (κ1) is 16.6. The number of aromatic nitrogens is 2. The van der Waals surface area contributed by atoms with Crippen LogP contribution in [0.2, 0.25) is 0 Å². The van der Waals surface area contributed by atoms with E-state index in [2.05, 4.69) is 36.0 Å². The van der Waals surface area contributed by atoms with Gasteiger partial charge in [0.15, 0.2) is 0 Å². The average Bonchev–Trinajstić information content (AvgIpc) is 2.98. The molecule has 0 amide bonds. The number of hydrogen-bond acceptors (Lipinski definition) is 8. The zero-order valence-corrected chi connectivity index (χ0v) is 14.4. The minimum atomic E-state index is -0.805. The Kier molecular flexibility index (Phi) is 5.76. The molecule has 0 radical (unpaired) electrons. The van der Waals surface area contributed by atoms with Crippen LogP contribution in [-0.2, 0) is 9.57 Å². The summed E-state index contributed by atoms with van der Waals surface area (Å²) in [6.07, 6.45) is 4.39. The van der Waals surface area contributed by atoms with Crippen LogP contribution < -0.4 is 4.90 Å². The van der Waals surface area contributed by atoms with E-state index in [1.807, 2.05) is 4.90 Å². The minimum Gasteiger partial charge on any atom is -0.394 e. The van der Waals surface area contributed by atoms with Gasteiger partial charge in [-0.1, -0.05) is 5.16 Å². The molecule has 0 bridgehead atoms. The van der Waals surface area contributed by atoms with Gasteiger partial charge in [-0.25, -0.2) is 14.9 Å². The molecule has 2 aliphatic rings. The van der Waals surface area contributed by atoms with E-state index in [-0.39, 0.29) is 0 Å². The predicted octanol–water partition coefficient (Wildman–Crippen LogP) is 0.820. The van der Waals surface area contributed by atoms with Crippen molar-refractivity contribution in [3.8, 4) is 0 Å². The molecule has 1 atom stereocenters. The zero-order valence-electron chi connectivity index (χ0n) is 12.8. The molecule has 0 spiro atoms. The van der Waals surface area contributed by atoms with E-state index in [4.69, 9.17) is 9.57 Å². The summed E-state index contributed by atoms with van der Waals surface area (Å²) in [7, 11) is 0. The third-order valence-electron chi connectivity index (χ3n) is 3.85. The molecule has 2 aliphatic heterocycles. The van der Waals surface area contributed by atoms with Crippen molar-refractivity contribution in [2.75, 3.05) is 44.3 Å². The van der Waals surface area contributed by atoms with Crippen LogP contribution in [0.15, 0.2) is 22.0 Å². The highest BCUT2D eigenvalue weighted by molar-refractivity contribution is 9.10. The fourth-order valence-corrected chi connectivity index (χ4v) is 2.74. The number of hydrogen-bond donors (Lipinski definition) is 1. The fourth-order valence-electron chi connectivity index (χ4n) is 2.53. The first-order chi connectivity index (χ1) is 11.2. The largest absolute Gasteiger partial charge is 0.394 e. The van der Waals surface area contributed by atoms with Gasteiger partial charge in [-0.3, -0.25) is 0 Å². The molecule has 3 heterocycles. The molecule has 1 aromatic heterocycles. The predicted molar refractivity (Wildman–Crippen MR) is 88.1 cm³/mol. The number of aliphatic hydroxyl groups is 1. The first-order valence-corrected chi connectivity index (χ1v) is 8.45. The van der Waals surface area contributed by atoms with E-state index in [1.54, 1.807) is 12.4 Å². The van der Waals surface area contributed by atoms with Gasteiger partial charge in [0.2, 0.25) is 12.4 Å². The lowest BCUT2D eigenvalue weighted by Gasteiger charge is -2.27. The van der Waals surface area contributed by atoms with Crippen LogP contribution >= 0.6 is 15.9 Å². The second-order valence-corrected chi connectivity index (χ2v) is 6.33. The van der Waals surface area contributed by atoms with E-state index in [0.29, 0.717) is 19.8 Å². The molecule has 9 heteroatoms. The van der Waals surface area contributed by atoms with Crippen molar-refractivity contribution in [2.45, 2.75) is 19.3 Å². The normalized spacial score (nSPS) is 22.4. The molecule has 23 heavy (non-hydrogen) atoms. The van der Waals surface area contributed by atoms with Crippen LogP contribution in [-0.4, -0.2) is 71.5 Å². The Bertz CT molecular complexity index is 532. The number of anilines is 1. The van der Waals surface area contributed by atoms with Gasteiger partial charge in [0, 0.05) is 51.4 Å². The Morgan fingerprint density at radius 3 is 2.70 bits per heavy atom. The summed E-state index contributed by atoms with van der Waals surface area (Å²) in [4.78, 5) is 17.9. The molecule has 1 unspecified atom stereocenters. The Morgan fingerprint density at radius 2 is 2.04 bits per heavy atom. The Hall–Kier alpha value is -1.29. The van der Waals surface area contributed by atoms with Crippen molar-refractivity contribution in [1.82, 2.24) is 14.9 Å². The SMILES string of the molecule is OC1OCCN1CCON=C1CCN(c2ncc(Br)cn2)CC1. The summed E-state index contributed by atoms with van der Waals surface area (Å²) in [6, 6.07) is 0. The highest BCUT2D eigenvalue weighted by Crippen LogP contribution is 2.16. The minimum absolute atomic E-state index is 0.448. The van der Waals surface area contributed by atoms with Gasteiger partial charge in [-0.15, -0.1) is 0 Å². The standard InChI is InChI=1S/C14H20BrN5O3/c15-11-9-16-13(17-10-11)19-3-1-12(2-4-19)18-23-8-6-20-5-7-22-14(20)21/h9-10,14,21H,1-8H2. The van der Waals surface area contributed by atoms with Gasteiger partial charge in [-0.2, -0.15) is 0 Å². The molecule has 0 aromatic carbocycles. The van der Waals surface area contributed by atoms with E-state index in [0.717, 1.165) is 48.6 Å². The second kappa shape index (κ2) is 8.00. The topological polar surface area (TPSA) is 83.3 Å². The number of rotatable bonds is 5. The number of ether oxygens (including phenoxy) is 1. The van der Waals surface area contributed by atoms with Crippen LogP contribution in [0.1, 0.15) is 12.8 Å². The lowest BCUT2D eigenvalue weighted by molar-refractivity contribution is -0.136. The average molecular weight is 386 g/mol. The fraction of sp³-hybridized carbons (Fsp3) is 0.643. The molecule has 3 rings (SSSR count). The number of nitrogens with zero attached hydrogens (tertiary/aromatic N) is 5. The molecule has 1 aromatic rings. The molecule has 0 saturated carbocycles. The molecule has 1 N–H and O–H groups in total. The maximum Gasteiger partial charge on any atom is 0.225 e. The Balaban J connectivity index is 1.39. The summed E-state index contributed by atoms with van der Waals surface area (Å²) in [6.45, 7) is 4.01. The number of halogens is 1. The van der Waals surface area contributed by atoms with Gasteiger partial charge in [-0.05, 0) is 15.9 Å². The Labute approximate surface area is 143 Å². The van der Waals surface area contributed by atoms with Crippen molar-refractivity contribution >= 4 is 27.6 Å². The third kappa shape index (κ3) is 4.60. The van der Waals surface area contributed by atoms with Crippen molar-refractivity contribution in [3.63, 3.8) is 0 Å². The van der Waals surface area contributed by atoms with Crippen LogP contribution in [0, 0.1) is 0 Å². The van der Waals surface area contributed by atoms with Gasteiger partial charge >= 0.3 is 0 Å². The van der Waals surface area contributed by atoms with Gasteiger partial charge in [0.05, 0.1) is 16.8 Å². The van der Waals surface area contributed by atoms with Gasteiger partial charge < -0.3 is 19.6 Å². The van der Waals surface area contributed by atoms with E-state index >= 15 is 0 Å². The van der Waals surface area contributed by atoms with Gasteiger partial charge in [0.1, 0.15) is 6.61 Å².